The summed E-state index contributed by atoms with van der Waals surface area (Å²) in [4.78, 5) is 24.1. The van der Waals surface area contributed by atoms with Crippen LogP contribution in [0.25, 0.3) is 11.1 Å². The van der Waals surface area contributed by atoms with Crippen LogP contribution in [0, 0.1) is 12.8 Å². The van der Waals surface area contributed by atoms with Gasteiger partial charge in [-0.15, -0.1) is 10.2 Å². The lowest BCUT2D eigenvalue weighted by Crippen LogP contribution is -2.34. The molecule has 3 aromatic rings. The maximum atomic E-state index is 12.2. The van der Waals surface area contributed by atoms with Gasteiger partial charge in [0, 0.05) is 25.4 Å². The molecule has 1 aromatic carbocycles. The number of carbonyl (C=O) groups excluding carboxylic acids is 1. The molecule has 0 saturated carbocycles. The first-order chi connectivity index (χ1) is 11.6. The predicted molar refractivity (Wildman–Crippen MR) is 85.4 cm³/mol. The van der Waals surface area contributed by atoms with Crippen molar-refractivity contribution in [3.63, 3.8) is 0 Å². The summed E-state index contributed by atoms with van der Waals surface area (Å²) in [6.07, 6.45) is 0.801. The third-order valence-electron chi connectivity index (χ3n) is 4.39. The topological polar surface area (TPSA) is 95.0 Å². The molecule has 1 aliphatic rings. The second-order valence-electron chi connectivity index (χ2n) is 6.07. The third kappa shape index (κ3) is 2.49. The van der Waals surface area contributed by atoms with Crippen LogP contribution in [-0.4, -0.2) is 31.8 Å². The number of nitrogens with zero attached hydrogens (tertiary/aromatic N) is 4. The second kappa shape index (κ2) is 5.63. The van der Waals surface area contributed by atoms with E-state index in [0.717, 1.165) is 24.6 Å². The lowest BCUT2D eigenvalue weighted by molar-refractivity contribution is -0.121. The fourth-order valence-electron chi connectivity index (χ4n) is 3.15. The van der Waals surface area contributed by atoms with E-state index in [0.29, 0.717) is 23.6 Å². The predicted octanol–water partition coefficient (Wildman–Crippen LogP) is 0.483. The zero-order valence-electron chi connectivity index (χ0n) is 13.2. The minimum Gasteiger partial charge on any atom is -0.408 e. The highest BCUT2D eigenvalue weighted by Gasteiger charge is 2.25. The largest absolute Gasteiger partial charge is 0.420 e. The molecule has 0 spiro atoms. The van der Waals surface area contributed by atoms with Crippen molar-refractivity contribution in [3.05, 3.63) is 46.5 Å². The van der Waals surface area contributed by atoms with Gasteiger partial charge in [-0.2, -0.15) is 0 Å². The summed E-state index contributed by atoms with van der Waals surface area (Å²) in [6, 6.07) is 7.07. The molecule has 124 valence electrons. The Kier molecular flexibility index (Phi) is 3.44. The van der Waals surface area contributed by atoms with Crippen LogP contribution in [0.3, 0.4) is 0 Å². The van der Waals surface area contributed by atoms with Crippen LogP contribution in [0.4, 0.5) is 0 Å². The molecule has 1 amide bonds. The molecule has 4 rings (SSSR count). The van der Waals surface area contributed by atoms with Crippen molar-refractivity contribution in [2.45, 2.75) is 26.4 Å². The third-order valence-corrected chi connectivity index (χ3v) is 4.39. The van der Waals surface area contributed by atoms with E-state index in [4.69, 9.17) is 4.42 Å². The van der Waals surface area contributed by atoms with Gasteiger partial charge in [0.25, 0.3) is 0 Å². The van der Waals surface area contributed by atoms with E-state index in [1.165, 1.54) is 4.57 Å². The van der Waals surface area contributed by atoms with Gasteiger partial charge >= 0.3 is 5.76 Å². The molecule has 1 unspecified atom stereocenters. The fraction of sp³-hybridized carbons (Fsp3) is 0.375. The van der Waals surface area contributed by atoms with Crippen molar-refractivity contribution in [2.75, 3.05) is 6.54 Å². The van der Waals surface area contributed by atoms with E-state index < -0.39 is 5.76 Å². The number of nitrogens with one attached hydrogen (secondary N) is 1. The first kappa shape index (κ1) is 14.7. The minimum absolute atomic E-state index is 0.0479. The maximum Gasteiger partial charge on any atom is 0.420 e. The molecule has 1 N–H and O–H groups in total. The van der Waals surface area contributed by atoms with Gasteiger partial charge in [-0.1, -0.05) is 12.1 Å². The summed E-state index contributed by atoms with van der Waals surface area (Å²) in [6.45, 7) is 3.23. The molecule has 1 aliphatic heterocycles. The van der Waals surface area contributed by atoms with Crippen molar-refractivity contribution >= 4 is 17.0 Å². The summed E-state index contributed by atoms with van der Waals surface area (Å²) in [5.41, 5.74) is 1.11. The molecular weight excluding hydrogens is 310 g/mol. The Morgan fingerprint density at radius 1 is 1.38 bits per heavy atom. The molecule has 0 bridgehead atoms. The Bertz CT molecular complexity index is 968. The highest BCUT2D eigenvalue weighted by molar-refractivity contribution is 5.79. The molecule has 8 heteroatoms. The van der Waals surface area contributed by atoms with Crippen LogP contribution in [0.5, 0.6) is 0 Å². The Morgan fingerprint density at radius 3 is 3.04 bits per heavy atom. The number of carbonyl (C=O) groups is 1. The minimum atomic E-state index is -0.519. The number of benzene rings is 1. The van der Waals surface area contributed by atoms with Gasteiger partial charge in [-0.05, 0) is 19.1 Å². The molecule has 3 heterocycles. The molecule has 1 atom stereocenters. The van der Waals surface area contributed by atoms with E-state index >= 15 is 0 Å². The average molecular weight is 327 g/mol. The van der Waals surface area contributed by atoms with Crippen molar-refractivity contribution in [1.29, 1.82) is 0 Å². The van der Waals surface area contributed by atoms with Crippen molar-refractivity contribution < 1.29 is 9.21 Å². The van der Waals surface area contributed by atoms with Gasteiger partial charge in [0.05, 0.1) is 5.52 Å². The number of oxazole rings is 1. The van der Waals surface area contributed by atoms with Crippen LogP contribution in [0.1, 0.15) is 11.6 Å². The lowest BCUT2D eigenvalue weighted by Gasteiger charge is -2.11. The lowest BCUT2D eigenvalue weighted by atomic mass is 10.1. The van der Waals surface area contributed by atoms with E-state index in [1.807, 2.05) is 13.0 Å². The average Bonchev–Trinajstić information content (AvgIpc) is 3.21. The molecule has 2 aromatic heterocycles. The van der Waals surface area contributed by atoms with Crippen LogP contribution in [0.15, 0.2) is 33.5 Å². The van der Waals surface area contributed by atoms with E-state index in [1.54, 1.807) is 18.2 Å². The van der Waals surface area contributed by atoms with Gasteiger partial charge in [0.2, 0.25) is 5.91 Å². The monoisotopic (exact) mass is 327 g/mol. The molecule has 0 saturated heterocycles. The summed E-state index contributed by atoms with van der Waals surface area (Å²) in [5.74, 6) is 1.44. The number of aryl methyl sites for hydroxylation is 1. The SMILES string of the molecule is Cc1nnc2n1CC(CNC(=O)Cn1c(=O)oc3ccccc31)C2. The Morgan fingerprint density at radius 2 is 2.21 bits per heavy atom. The fourth-order valence-corrected chi connectivity index (χ4v) is 3.15. The van der Waals surface area contributed by atoms with Gasteiger partial charge in [-0.25, -0.2) is 4.79 Å². The van der Waals surface area contributed by atoms with E-state index in [-0.39, 0.29) is 12.5 Å². The van der Waals surface area contributed by atoms with Gasteiger partial charge in [-0.3, -0.25) is 9.36 Å². The molecule has 24 heavy (non-hydrogen) atoms. The normalized spacial score (nSPS) is 16.5. The second-order valence-corrected chi connectivity index (χ2v) is 6.07. The highest BCUT2D eigenvalue weighted by atomic mass is 16.4. The Labute approximate surface area is 137 Å². The number of rotatable bonds is 4. The van der Waals surface area contributed by atoms with E-state index in [2.05, 4.69) is 20.1 Å². The summed E-state index contributed by atoms with van der Waals surface area (Å²) < 4.78 is 8.55. The number of hydrogen-bond donors (Lipinski definition) is 1. The van der Waals surface area contributed by atoms with Gasteiger partial charge in [0.1, 0.15) is 18.2 Å². The highest BCUT2D eigenvalue weighted by Crippen LogP contribution is 2.19. The van der Waals surface area contributed by atoms with Crippen LogP contribution in [0.2, 0.25) is 0 Å². The van der Waals surface area contributed by atoms with Gasteiger partial charge < -0.3 is 14.3 Å². The number of fused-ring (bicyclic) bond motifs is 2. The van der Waals surface area contributed by atoms with Crippen LogP contribution in [-0.2, 0) is 24.3 Å². The summed E-state index contributed by atoms with van der Waals surface area (Å²) in [5, 5.41) is 11.1. The smallest absolute Gasteiger partial charge is 0.408 e. The quantitative estimate of drug-likeness (QED) is 0.752. The number of hydrogen-bond acceptors (Lipinski definition) is 5. The molecule has 0 aliphatic carbocycles. The standard InChI is InChI=1S/C16H17N5O3/c1-10-18-19-14-6-11(8-20(10)14)7-17-15(22)9-21-12-4-2-3-5-13(12)24-16(21)23/h2-5,11H,6-9H2,1H3,(H,17,22). The first-order valence-corrected chi connectivity index (χ1v) is 7.85. The van der Waals surface area contributed by atoms with Crippen molar-refractivity contribution in [1.82, 2.24) is 24.6 Å². The number of aromatic nitrogens is 4. The maximum absolute atomic E-state index is 12.2. The summed E-state index contributed by atoms with van der Waals surface area (Å²) >= 11 is 0. The molecule has 8 nitrogen and oxygen atoms in total. The van der Waals surface area contributed by atoms with Crippen LogP contribution < -0.4 is 11.1 Å². The number of para-hydroxylation sites is 2. The number of amides is 1. The van der Waals surface area contributed by atoms with E-state index in [9.17, 15) is 9.59 Å². The summed E-state index contributed by atoms with van der Waals surface area (Å²) in [7, 11) is 0. The van der Waals surface area contributed by atoms with Gasteiger partial charge in [0.15, 0.2) is 5.58 Å². The van der Waals surface area contributed by atoms with Crippen LogP contribution >= 0.6 is 0 Å². The molecule has 0 radical (unpaired) electrons. The molecule has 0 fully saturated rings. The van der Waals surface area contributed by atoms with Crippen molar-refractivity contribution in [3.8, 4) is 0 Å². The first-order valence-electron chi connectivity index (χ1n) is 7.85. The Hall–Kier alpha value is -2.90. The zero-order chi connectivity index (χ0) is 16.7. The Balaban J connectivity index is 1.39. The van der Waals surface area contributed by atoms with Crippen molar-refractivity contribution in [2.24, 2.45) is 5.92 Å². The molecular formula is C16H17N5O3. The zero-order valence-corrected chi connectivity index (χ0v) is 13.2.